The van der Waals surface area contributed by atoms with Crippen molar-refractivity contribution in [1.82, 2.24) is 10.2 Å². The normalized spacial score (nSPS) is 28.2. The number of nitrogens with zero attached hydrogens (tertiary/aromatic N) is 1. The Hall–Kier alpha value is -1.35. The minimum absolute atomic E-state index is 0.220. The van der Waals surface area contributed by atoms with E-state index in [9.17, 15) is 4.79 Å². The van der Waals surface area contributed by atoms with E-state index in [0.29, 0.717) is 24.9 Å². The van der Waals surface area contributed by atoms with E-state index in [0.717, 1.165) is 25.8 Å². The van der Waals surface area contributed by atoms with Gasteiger partial charge in [-0.2, -0.15) is 0 Å². The highest BCUT2D eigenvalue weighted by atomic mass is 16.2. The third-order valence-corrected chi connectivity index (χ3v) is 5.21. The summed E-state index contributed by atoms with van der Waals surface area (Å²) in [6, 6.07) is 0.372. The fourth-order valence-corrected chi connectivity index (χ4v) is 4.12. The lowest BCUT2D eigenvalue weighted by molar-refractivity contribution is -0.137. The summed E-state index contributed by atoms with van der Waals surface area (Å²) in [6.07, 6.45) is 12.6. The van der Waals surface area contributed by atoms with E-state index in [2.05, 4.69) is 30.0 Å². The predicted molar refractivity (Wildman–Crippen MR) is 92.6 cm³/mol. The minimum atomic E-state index is -0.220. The van der Waals surface area contributed by atoms with Crippen LogP contribution in [0.3, 0.4) is 0 Å². The first kappa shape index (κ1) is 17.0. The smallest absolute Gasteiger partial charge is 0.224 e. The molecule has 1 aliphatic carbocycles. The summed E-state index contributed by atoms with van der Waals surface area (Å²) >= 11 is 0. The lowest BCUT2D eigenvalue weighted by Gasteiger charge is -2.46. The van der Waals surface area contributed by atoms with Crippen molar-refractivity contribution in [3.05, 3.63) is 38.0 Å². The summed E-state index contributed by atoms with van der Waals surface area (Å²) in [4.78, 5) is 15.0. The predicted octanol–water partition coefficient (Wildman–Crippen LogP) is 3.44. The molecule has 22 heavy (non-hydrogen) atoms. The van der Waals surface area contributed by atoms with Crippen LogP contribution in [0.25, 0.3) is 0 Å². The van der Waals surface area contributed by atoms with Crippen LogP contribution in [0.5, 0.6) is 0 Å². The quantitative estimate of drug-likeness (QED) is 0.762. The van der Waals surface area contributed by atoms with Gasteiger partial charge in [-0.1, -0.05) is 31.1 Å². The van der Waals surface area contributed by atoms with E-state index in [4.69, 9.17) is 0 Å². The summed E-state index contributed by atoms with van der Waals surface area (Å²) in [5, 5.41) is 3.71. The Labute approximate surface area is 135 Å². The highest BCUT2D eigenvalue weighted by molar-refractivity contribution is 5.78. The second kappa shape index (κ2) is 7.77. The first-order valence-corrected chi connectivity index (χ1v) is 8.53. The van der Waals surface area contributed by atoms with Crippen molar-refractivity contribution < 1.29 is 4.79 Å². The molecule has 0 aromatic rings. The summed E-state index contributed by atoms with van der Waals surface area (Å²) in [5.74, 6) is 0.791. The summed E-state index contributed by atoms with van der Waals surface area (Å²) in [7, 11) is 0. The van der Waals surface area contributed by atoms with Crippen LogP contribution in [0, 0.1) is 5.92 Å². The maximum atomic E-state index is 12.9. The lowest BCUT2D eigenvalue weighted by Crippen LogP contribution is -2.58. The van der Waals surface area contributed by atoms with Gasteiger partial charge in [-0.3, -0.25) is 4.79 Å². The molecule has 122 valence electrons. The first-order chi connectivity index (χ1) is 10.7. The zero-order valence-electron chi connectivity index (χ0n) is 13.7. The van der Waals surface area contributed by atoms with Crippen molar-refractivity contribution in [3.8, 4) is 0 Å². The average Bonchev–Trinajstić information content (AvgIpc) is 2.50. The Morgan fingerprint density at radius 1 is 1.14 bits per heavy atom. The largest absolute Gasteiger partial charge is 0.336 e. The van der Waals surface area contributed by atoms with Crippen molar-refractivity contribution in [2.75, 3.05) is 13.1 Å². The third kappa shape index (κ3) is 3.70. The number of hydrogen-bond acceptors (Lipinski definition) is 2. The zero-order chi connectivity index (χ0) is 16.0. The molecule has 0 aromatic heterocycles. The summed E-state index contributed by atoms with van der Waals surface area (Å²) < 4.78 is 0. The molecule has 1 saturated heterocycles. The standard InChI is InChI=1S/C19H30N2O/c1-4-11-19(12-5-2)14-18(22)21(13-6-3)17-10-8-7-9-16(17)15-20-19/h4-6,16-17,20H,1-3,7-15H2. The lowest BCUT2D eigenvalue weighted by atomic mass is 9.79. The molecule has 3 heteroatoms. The molecule has 1 heterocycles. The van der Waals surface area contributed by atoms with Gasteiger partial charge in [0.2, 0.25) is 5.91 Å². The minimum Gasteiger partial charge on any atom is -0.336 e. The second-order valence-electron chi connectivity index (χ2n) is 6.77. The SMILES string of the molecule is C=CCN1C(=O)CC(CC=C)(CC=C)NCC2CCCCC21. The van der Waals surface area contributed by atoms with Crippen LogP contribution >= 0.6 is 0 Å². The molecule has 2 rings (SSSR count). The summed E-state index contributed by atoms with van der Waals surface area (Å²) in [6.45, 7) is 13.3. The number of amides is 1. The molecule has 1 saturated carbocycles. The van der Waals surface area contributed by atoms with Gasteiger partial charge in [-0.05, 0) is 31.6 Å². The van der Waals surface area contributed by atoms with Gasteiger partial charge < -0.3 is 10.2 Å². The van der Waals surface area contributed by atoms with E-state index < -0.39 is 0 Å². The molecule has 2 atom stereocenters. The Bertz CT molecular complexity index is 419. The van der Waals surface area contributed by atoms with Crippen molar-refractivity contribution in [2.24, 2.45) is 5.92 Å². The number of nitrogens with one attached hydrogen (secondary N) is 1. The van der Waals surface area contributed by atoms with Crippen LogP contribution in [0.4, 0.5) is 0 Å². The average molecular weight is 302 g/mol. The molecule has 2 fully saturated rings. The van der Waals surface area contributed by atoms with E-state index in [1.165, 1.54) is 19.3 Å². The number of rotatable bonds is 6. The van der Waals surface area contributed by atoms with Gasteiger partial charge in [0.05, 0.1) is 0 Å². The van der Waals surface area contributed by atoms with Gasteiger partial charge in [0.15, 0.2) is 0 Å². The molecule has 0 spiro atoms. The number of hydrogen-bond donors (Lipinski definition) is 1. The Kier molecular flexibility index (Phi) is 6.01. The maximum Gasteiger partial charge on any atom is 0.224 e. The van der Waals surface area contributed by atoms with Crippen molar-refractivity contribution >= 4 is 5.91 Å². The number of fused-ring (bicyclic) bond motifs is 1. The monoisotopic (exact) mass is 302 g/mol. The highest BCUT2D eigenvalue weighted by Gasteiger charge is 2.40. The van der Waals surface area contributed by atoms with Crippen molar-refractivity contribution in [1.29, 1.82) is 0 Å². The number of carbonyl (C=O) groups excluding carboxylic acids is 1. The number of carbonyl (C=O) groups is 1. The molecule has 1 aliphatic heterocycles. The molecular formula is C19H30N2O. The van der Waals surface area contributed by atoms with E-state index in [1.54, 1.807) is 0 Å². The Morgan fingerprint density at radius 2 is 1.82 bits per heavy atom. The van der Waals surface area contributed by atoms with Gasteiger partial charge in [0, 0.05) is 31.1 Å². The molecular weight excluding hydrogens is 272 g/mol. The molecule has 2 aliphatic rings. The molecule has 0 bridgehead atoms. The van der Waals surface area contributed by atoms with Gasteiger partial charge >= 0.3 is 0 Å². The van der Waals surface area contributed by atoms with Crippen LogP contribution in [0.2, 0.25) is 0 Å². The van der Waals surface area contributed by atoms with Gasteiger partial charge in [0.25, 0.3) is 0 Å². The fraction of sp³-hybridized carbons (Fsp3) is 0.632. The Morgan fingerprint density at radius 3 is 2.45 bits per heavy atom. The topological polar surface area (TPSA) is 32.3 Å². The molecule has 1 N–H and O–H groups in total. The van der Waals surface area contributed by atoms with Crippen LogP contribution in [-0.2, 0) is 4.79 Å². The van der Waals surface area contributed by atoms with Crippen LogP contribution in [0.15, 0.2) is 38.0 Å². The van der Waals surface area contributed by atoms with Crippen LogP contribution in [0.1, 0.15) is 44.9 Å². The maximum absolute atomic E-state index is 12.9. The van der Waals surface area contributed by atoms with Crippen molar-refractivity contribution in [3.63, 3.8) is 0 Å². The molecule has 0 aromatic carbocycles. The van der Waals surface area contributed by atoms with Crippen LogP contribution in [-0.4, -0.2) is 35.5 Å². The third-order valence-electron chi connectivity index (χ3n) is 5.21. The molecule has 2 unspecified atom stereocenters. The van der Waals surface area contributed by atoms with Crippen molar-refractivity contribution in [2.45, 2.75) is 56.5 Å². The van der Waals surface area contributed by atoms with E-state index in [1.807, 2.05) is 18.2 Å². The fourth-order valence-electron chi connectivity index (χ4n) is 4.12. The zero-order valence-corrected chi connectivity index (χ0v) is 13.7. The van der Waals surface area contributed by atoms with Crippen LogP contribution < -0.4 is 5.32 Å². The highest BCUT2D eigenvalue weighted by Crippen LogP contribution is 2.33. The molecule has 3 nitrogen and oxygen atoms in total. The summed E-state index contributed by atoms with van der Waals surface area (Å²) in [5.41, 5.74) is -0.220. The van der Waals surface area contributed by atoms with Gasteiger partial charge in [-0.25, -0.2) is 0 Å². The van der Waals surface area contributed by atoms with Gasteiger partial charge in [-0.15, -0.1) is 19.7 Å². The molecule has 0 radical (unpaired) electrons. The second-order valence-corrected chi connectivity index (χ2v) is 6.77. The van der Waals surface area contributed by atoms with E-state index in [-0.39, 0.29) is 11.4 Å². The molecule has 1 amide bonds. The van der Waals surface area contributed by atoms with E-state index >= 15 is 0 Å². The Balaban J connectivity index is 2.27. The van der Waals surface area contributed by atoms with Gasteiger partial charge in [0.1, 0.15) is 0 Å². The first-order valence-electron chi connectivity index (χ1n) is 8.53.